The molecule has 2 aliphatic heterocycles. The Hall–Kier alpha value is -3.23. The highest BCUT2D eigenvalue weighted by molar-refractivity contribution is 6.46. The molecular formula is C26H29FN2O5. The number of aliphatic hydroxyl groups is 1. The van der Waals surface area contributed by atoms with Gasteiger partial charge in [0.2, 0.25) is 0 Å². The number of carbonyl (C=O) groups excluding carboxylic acids is 2. The molecule has 2 saturated heterocycles. The fourth-order valence-electron chi connectivity index (χ4n) is 4.31. The van der Waals surface area contributed by atoms with Gasteiger partial charge in [-0.15, -0.1) is 0 Å². The zero-order valence-electron chi connectivity index (χ0n) is 19.2. The van der Waals surface area contributed by atoms with Crippen molar-refractivity contribution in [3.63, 3.8) is 0 Å². The molecule has 0 aliphatic carbocycles. The molecule has 0 radical (unpaired) electrons. The number of aliphatic hydroxyl groups excluding tert-OH is 1. The number of morpholine rings is 1. The van der Waals surface area contributed by atoms with Gasteiger partial charge in [0, 0.05) is 37.3 Å². The van der Waals surface area contributed by atoms with Crippen LogP contribution in [-0.4, -0.2) is 72.6 Å². The molecule has 2 aromatic rings. The smallest absolute Gasteiger partial charge is 0.295 e. The molecule has 2 aromatic carbocycles. The Morgan fingerprint density at radius 2 is 1.88 bits per heavy atom. The summed E-state index contributed by atoms with van der Waals surface area (Å²) >= 11 is 0. The number of ether oxygens (including phenoxy) is 2. The first-order valence-electron chi connectivity index (χ1n) is 11.6. The fourth-order valence-corrected chi connectivity index (χ4v) is 4.31. The van der Waals surface area contributed by atoms with Gasteiger partial charge < -0.3 is 19.5 Å². The van der Waals surface area contributed by atoms with Crippen LogP contribution in [0.25, 0.3) is 5.76 Å². The molecule has 0 saturated carbocycles. The summed E-state index contributed by atoms with van der Waals surface area (Å²) in [6.45, 7) is 5.87. The van der Waals surface area contributed by atoms with Gasteiger partial charge in [0.05, 0.1) is 31.4 Å². The zero-order chi connectivity index (χ0) is 24.1. The molecule has 2 aliphatic rings. The number of rotatable bonds is 8. The van der Waals surface area contributed by atoms with Gasteiger partial charge in [0.1, 0.15) is 17.3 Å². The Balaban J connectivity index is 1.73. The number of nitrogens with zero attached hydrogens (tertiary/aromatic N) is 2. The molecule has 2 heterocycles. The van der Waals surface area contributed by atoms with E-state index in [4.69, 9.17) is 9.47 Å². The number of benzene rings is 2. The number of hydrogen-bond donors (Lipinski definition) is 1. The van der Waals surface area contributed by atoms with Crippen LogP contribution in [0.1, 0.15) is 30.5 Å². The van der Waals surface area contributed by atoms with E-state index in [9.17, 15) is 19.1 Å². The van der Waals surface area contributed by atoms with Gasteiger partial charge in [0.15, 0.2) is 0 Å². The van der Waals surface area contributed by atoms with E-state index in [2.05, 4.69) is 4.90 Å². The second-order valence-corrected chi connectivity index (χ2v) is 8.34. The summed E-state index contributed by atoms with van der Waals surface area (Å²) in [7, 11) is 0. The largest absolute Gasteiger partial charge is 0.507 e. The van der Waals surface area contributed by atoms with Crippen LogP contribution in [0.5, 0.6) is 5.75 Å². The fraction of sp³-hybridized carbons (Fsp3) is 0.385. The van der Waals surface area contributed by atoms with E-state index < -0.39 is 23.5 Å². The van der Waals surface area contributed by atoms with Crippen molar-refractivity contribution in [2.75, 3.05) is 46.0 Å². The van der Waals surface area contributed by atoms with E-state index in [-0.39, 0.29) is 23.4 Å². The molecule has 0 spiro atoms. The maximum Gasteiger partial charge on any atom is 0.295 e. The number of halogens is 1. The third-order valence-corrected chi connectivity index (χ3v) is 6.08. The van der Waals surface area contributed by atoms with Crippen LogP contribution in [0.3, 0.4) is 0 Å². The number of Topliss-reactive ketones (excluding diaryl/α,β-unsaturated/α-hetero) is 1. The van der Waals surface area contributed by atoms with Gasteiger partial charge in [-0.3, -0.25) is 14.5 Å². The van der Waals surface area contributed by atoms with E-state index in [1.165, 1.54) is 11.0 Å². The first-order valence-corrected chi connectivity index (χ1v) is 11.6. The van der Waals surface area contributed by atoms with Gasteiger partial charge in [-0.1, -0.05) is 37.3 Å². The van der Waals surface area contributed by atoms with Crippen LogP contribution in [0.4, 0.5) is 4.39 Å². The van der Waals surface area contributed by atoms with Gasteiger partial charge in [0.25, 0.3) is 11.7 Å². The Morgan fingerprint density at radius 1 is 1.12 bits per heavy atom. The number of ketones is 1. The maximum atomic E-state index is 14.9. The summed E-state index contributed by atoms with van der Waals surface area (Å²) in [5, 5.41) is 11.2. The third-order valence-electron chi connectivity index (χ3n) is 6.08. The van der Waals surface area contributed by atoms with Crippen molar-refractivity contribution in [2.45, 2.75) is 19.4 Å². The van der Waals surface area contributed by atoms with Crippen molar-refractivity contribution in [1.29, 1.82) is 0 Å². The van der Waals surface area contributed by atoms with Crippen LogP contribution in [0, 0.1) is 5.82 Å². The van der Waals surface area contributed by atoms with E-state index in [1.54, 1.807) is 42.5 Å². The summed E-state index contributed by atoms with van der Waals surface area (Å²) in [5.41, 5.74) is 0.384. The minimum absolute atomic E-state index is 0.121. The molecule has 1 atom stereocenters. The Kier molecular flexibility index (Phi) is 7.59. The third kappa shape index (κ3) is 4.98. The number of carbonyl (C=O) groups is 2. The molecule has 1 unspecified atom stereocenters. The maximum absolute atomic E-state index is 14.9. The summed E-state index contributed by atoms with van der Waals surface area (Å²) in [6, 6.07) is 11.7. The van der Waals surface area contributed by atoms with Crippen LogP contribution in [0.2, 0.25) is 0 Å². The van der Waals surface area contributed by atoms with Gasteiger partial charge >= 0.3 is 0 Å². The summed E-state index contributed by atoms with van der Waals surface area (Å²) < 4.78 is 25.9. The molecule has 34 heavy (non-hydrogen) atoms. The van der Waals surface area contributed by atoms with Crippen LogP contribution < -0.4 is 4.74 Å². The number of likely N-dealkylation sites (tertiary alicyclic amines) is 1. The normalized spacial score (nSPS) is 20.6. The molecule has 180 valence electrons. The Labute approximate surface area is 198 Å². The summed E-state index contributed by atoms with van der Waals surface area (Å²) in [6.07, 6.45) is 0.817. The topological polar surface area (TPSA) is 79.3 Å². The van der Waals surface area contributed by atoms with Crippen molar-refractivity contribution in [1.82, 2.24) is 9.80 Å². The van der Waals surface area contributed by atoms with Crippen molar-refractivity contribution in [2.24, 2.45) is 0 Å². The van der Waals surface area contributed by atoms with Gasteiger partial charge in [-0.25, -0.2) is 4.39 Å². The van der Waals surface area contributed by atoms with Gasteiger partial charge in [-0.2, -0.15) is 0 Å². The number of amides is 1. The average molecular weight is 469 g/mol. The monoisotopic (exact) mass is 468 g/mol. The summed E-state index contributed by atoms with van der Waals surface area (Å²) in [4.78, 5) is 29.7. The van der Waals surface area contributed by atoms with Crippen LogP contribution in [-0.2, 0) is 14.3 Å². The minimum Gasteiger partial charge on any atom is -0.507 e. The Morgan fingerprint density at radius 3 is 2.62 bits per heavy atom. The van der Waals surface area contributed by atoms with Crippen molar-refractivity contribution in [3.05, 3.63) is 71.0 Å². The lowest BCUT2D eigenvalue weighted by molar-refractivity contribution is -0.140. The molecular weight excluding hydrogens is 439 g/mol. The predicted molar refractivity (Wildman–Crippen MR) is 125 cm³/mol. The first kappa shape index (κ1) is 23.9. The van der Waals surface area contributed by atoms with Crippen LogP contribution in [0.15, 0.2) is 54.1 Å². The molecule has 8 heteroatoms. The SMILES string of the molecule is CCCOc1cccc(/C(O)=C2\C(=O)C(=O)N(CCN3CCOCC3)C2c2ccccc2F)c1. The highest BCUT2D eigenvalue weighted by Gasteiger charge is 2.46. The van der Waals surface area contributed by atoms with E-state index in [0.717, 1.165) is 19.5 Å². The van der Waals surface area contributed by atoms with Gasteiger partial charge in [-0.05, 0) is 24.6 Å². The second-order valence-electron chi connectivity index (χ2n) is 8.34. The van der Waals surface area contributed by atoms with E-state index in [1.807, 2.05) is 6.92 Å². The lowest BCUT2D eigenvalue weighted by atomic mass is 9.95. The van der Waals surface area contributed by atoms with E-state index >= 15 is 0 Å². The van der Waals surface area contributed by atoms with E-state index in [0.29, 0.717) is 37.7 Å². The molecule has 0 aromatic heterocycles. The predicted octanol–water partition coefficient (Wildman–Crippen LogP) is 3.37. The average Bonchev–Trinajstić information content (AvgIpc) is 3.11. The highest BCUT2D eigenvalue weighted by Crippen LogP contribution is 2.40. The van der Waals surface area contributed by atoms with Crippen molar-refractivity contribution >= 4 is 17.4 Å². The molecule has 1 amide bonds. The Bertz CT molecular complexity index is 1080. The molecule has 1 N–H and O–H groups in total. The van der Waals surface area contributed by atoms with Crippen LogP contribution >= 0.6 is 0 Å². The van der Waals surface area contributed by atoms with Crippen molar-refractivity contribution < 1.29 is 28.6 Å². The lowest BCUT2D eigenvalue weighted by Crippen LogP contribution is -2.42. The molecule has 7 nitrogen and oxygen atoms in total. The standard InChI is InChI=1S/C26H29FN2O5/c1-2-14-34-19-7-5-6-18(17-19)24(30)22-23(20-8-3-4-9-21(20)27)29(26(32)25(22)31)11-10-28-12-15-33-16-13-28/h3-9,17,23,30H,2,10-16H2,1H3/b24-22+. The molecule has 4 rings (SSSR count). The highest BCUT2D eigenvalue weighted by atomic mass is 19.1. The minimum atomic E-state index is -1.03. The molecule has 0 bridgehead atoms. The lowest BCUT2D eigenvalue weighted by Gasteiger charge is -2.31. The zero-order valence-corrected chi connectivity index (χ0v) is 19.2. The quantitative estimate of drug-likeness (QED) is 0.364. The second kappa shape index (κ2) is 10.8. The molecule has 2 fully saturated rings. The number of hydrogen-bond acceptors (Lipinski definition) is 6. The first-order chi connectivity index (χ1) is 16.5. The summed E-state index contributed by atoms with van der Waals surface area (Å²) in [5.74, 6) is -1.93. The van der Waals surface area contributed by atoms with Crippen molar-refractivity contribution in [3.8, 4) is 5.75 Å².